The first-order valence-electron chi connectivity index (χ1n) is 9.81. The van der Waals surface area contributed by atoms with Gasteiger partial charge in [-0.15, -0.1) is 10.2 Å². The molecule has 1 N–H and O–H groups in total. The summed E-state index contributed by atoms with van der Waals surface area (Å²) in [6.07, 6.45) is -4.38. The molecule has 2 heterocycles. The molecule has 1 amide bonds. The van der Waals surface area contributed by atoms with Crippen LogP contribution in [0.25, 0.3) is 0 Å². The molecule has 2 aromatic rings. The Hall–Kier alpha value is -2.38. The molecule has 0 atom stereocenters. The van der Waals surface area contributed by atoms with Crippen molar-refractivity contribution in [2.75, 3.05) is 55.3 Å². The van der Waals surface area contributed by atoms with Crippen LogP contribution in [0.4, 0.5) is 24.0 Å². The van der Waals surface area contributed by atoms with Crippen LogP contribution in [0.5, 0.6) is 0 Å². The maximum atomic E-state index is 12.9. The van der Waals surface area contributed by atoms with E-state index in [1.165, 1.54) is 29.2 Å². The van der Waals surface area contributed by atoms with Crippen molar-refractivity contribution in [1.29, 1.82) is 0 Å². The van der Waals surface area contributed by atoms with E-state index in [2.05, 4.69) is 15.5 Å². The third-order valence-corrected chi connectivity index (χ3v) is 6.50. The Kier molecular flexibility index (Phi) is 8.32. The van der Waals surface area contributed by atoms with E-state index in [0.29, 0.717) is 47.9 Å². The van der Waals surface area contributed by atoms with Crippen LogP contribution in [-0.2, 0) is 20.5 Å². The van der Waals surface area contributed by atoms with Crippen molar-refractivity contribution in [3.05, 3.63) is 29.8 Å². The average Bonchev–Trinajstić information content (AvgIpc) is 3.19. The molecule has 3 rings (SSSR count). The van der Waals surface area contributed by atoms with Gasteiger partial charge in [0.25, 0.3) is 0 Å². The molecule has 32 heavy (non-hydrogen) atoms. The number of anilines is 2. The number of nitrogens with one attached hydrogen (secondary N) is 1. The van der Waals surface area contributed by atoms with E-state index in [1.807, 2.05) is 9.80 Å². The minimum Gasteiger partial charge on any atom is -0.465 e. The monoisotopic (exact) mass is 489 g/mol. The number of nitrogens with zero attached hydrogens (tertiary/aromatic N) is 4. The molecule has 1 aliphatic rings. The summed E-state index contributed by atoms with van der Waals surface area (Å²) in [6.45, 7) is 4.30. The van der Waals surface area contributed by atoms with Crippen molar-refractivity contribution in [3.63, 3.8) is 0 Å². The number of esters is 1. The molecular weight excluding hydrogens is 467 g/mol. The first-order valence-corrected chi connectivity index (χ1v) is 11.6. The number of hydrogen-bond acceptors (Lipinski definition) is 9. The molecule has 1 saturated heterocycles. The highest BCUT2D eigenvalue weighted by Gasteiger charge is 2.31. The quantitative estimate of drug-likeness (QED) is 0.344. The third-order valence-electron chi connectivity index (χ3n) is 4.55. The van der Waals surface area contributed by atoms with Crippen molar-refractivity contribution in [1.82, 2.24) is 15.1 Å². The molecule has 1 fully saturated rings. The Morgan fingerprint density at radius 3 is 2.66 bits per heavy atom. The summed E-state index contributed by atoms with van der Waals surface area (Å²) in [5.74, 6) is -0.481. The first-order chi connectivity index (χ1) is 15.2. The van der Waals surface area contributed by atoms with Gasteiger partial charge in [-0.1, -0.05) is 29.2 Å². The average molecular weight is 490 g/mol. The fourth-order valence-corrected chi connectivity index (χ4v) is 4.61. The number of amides is 1. The molecular formula is C19H22F3N5O3S2. The third kappa shape index (κ3) is 7.07. The van der Waals surface area contributed by atoms with Crippen LogP contribution in [0.15, 0.2) is 28.6 Å². The maximum Gasteiger partial charge on any atom is 0.416 e. The smallest absolute Gasteiger partial charge is 0.416 e. The lowest BCUT2D eigenvalue weighted by Crippen LogP contribution is -2.48. The largest absolute Gasteiger partial charge is 0.465 e. The summed E-state index contributed by atoms with van der Waals surface area (Å²) < 4.78 is 44.2. The van der Waals surface area contributed by atoms with E-state index < -0.39 is 11.7 Å². The molecule has 0 radical (unpaired) electrons. The van der Waals surface area contributed by atoms with Gasteiger partial charge >= 0.3 is 12.1 Å². The Bertz CT molecular complexity index is 933. The van der Waals surface area contributed by atoms with Gasteiger partial charge < -0.3 is 9.64 Å². The number of carbonyl (C=O) groups is 2. The molecule has 1 aromatic heterocycles. The van der Waals surface area contributed by atoms with Gasteiger partial charge in [-0.05, 0) is 25.1 Å². The zero-order valence-corrected chi connectivity index (χ0v) is 18.9. The molecule has 1 aliphatic heterocycles. The zero-order valence-electron chi connectivity index (χ0n) is 17.2. The van der Waals surface area contributed by atoms with E-state index in [1.54, 1.807) is 13.0 Å². The van der Waals surface area contributed by atoms with E-state index in [9.17, 15) is 22.8 Å². The number of benzene rings is 1. The highest BCUT2D eigenvalue weighted by molar-refractivity contribution is 8.01. The van der Waals surface area contributed by atoms with Gasteiger partial charge in [0.05, 0.1) is 24.5 Å². The van der Waals surface area contributed by atoms with Crippen molar-refractivity contribution in [2.45, 2.75) is 17.4 Å². The van der Waals surface area contributed by atoms with Gasteiger partial charge in [0, 0.05) is 31.9 Å². The second-order valence-electron chi connectivity index (χ2n) is 6.83. The number of halogens is 3. The maximum absolute atomic E-state index is 12.9. The fourth-order valence-electron chi connectivity index (χ4n) is 3.05. The van der Waals surface area contributed by atoms with Crippen LogP contribution in [0.1, 0.15) is 12.5 Å². The number of piperazine rings is 1. The topological polar surface area (TPSA) is 87.7 Å². The molecule has 1 aromatic carbocycles. The second-order valence-corrected chi connectivity index (χ2v) is 9.03. The van der Waals surface area contributed by atoms with E-state index in [-0.39, 0.29) is 24.2 Å². The fraction of sp³-hybridized carbons (Fsp3) is 0.474. The Morgan fingerprint density at radius 1 is 1.22 bits per heavy atom. The van der Waals surface area contributed by atoms with Gasteiger partial charge in [0.15, 0.2) is 4.34 Å². The van der Waals surface area contributed by atoms with Gasteiger partial charge in [-0.3, -0.25) is 19.8 Å². The van der Waals surface area contributed by atoms with Crippen LogP contribution >= 0.6 is 23.1 Å². The highest BCUT2D eigenvalue weighted by Crippen LogP contribution is 2.32. The van der Waals surface area contributed by atoms with Crippen molar-refractivity contribution in [2.24, 2.45) is 0 Å². The van der Waals surface area contributed by atoms with Crippen molar-refractivity contribution < 1.29 is 27.5 Å². The highest BCUT2D eigenvalue weighted by atomic mass is 32.2. The van der Waals surface area contributed by atoms with E-state index in [4.69, 9.17) is 4.74 Å². The van der Waals surface area contributed by atoms with Crippen LogP contribution in [0.2, 0.25) is 0 Å². The van der Waals surface area contributed by atoms with Gasteiger partial charge in [-0.2, -0.15) is 13.2 Å². The summed E-state index contributed by atoms with van der Waals surface area (Å²) in [7, 11) is 0. The Labute approximate surface area is 191 Å². The minimum absolute atomic E-state index is 0.118. The summed E-state index contributed by atoms with van der Waals surface area (Å²) in [5.41, 5.74) is -0.153. The zero-order chi connectivity index (χ0) is 23.1. The first kappa shape index (κ1) is 24.3. The lowest BCUT2D eigenvalue weighted by molar-refractivity contribution is -0.140. The predicted octanol–water partition coefficient (Wildman–Crippen LogP) is 2.97. The molecule has 0 unspecified atom stereocenters. The van der Waals surface area contributed by atoms with E-state index >= 15 is 0 Å². The number of aromatic nitrogens is 2. The molecule has 8 nitrogen and oxygen atoms in total. The number of alkyl halides is 3. The molecule has 0 spiro atoms. The standard InChI is InChI=1S/C19H22F3N5O3S2/c1-2-30-16(29)12-31-18-25-24-17(32-18)23-15(28)11-26-6-8-27(9-7-26)14-5-3-4-13(10-14)19(20,21)22/h3-5,10H,2,6-9,11-12H2,1H3,(H,23,24,28). The molecule has 0 saturated carbocycles. The van der Waals surface area contributed by atoms with Crippen LogP contribution < -0.4 is 10.2 Å². The Morgan fingerprint density at radius 2 is 1.97 bits per heavy atom. The lowest BCUT2D eigenvalue weighted by Gasteiger charge is -2.35. The predicted molar refractivity (Wildman–Crippen MR) is 116 cm³/mol. The molecule has 0 bridgehead atoms. The van der Waals surface area contributed by atoms with Gasteiger partial charge in [-0.25, -0.2) is 0 Å². The van der Waals surface area contributed by atoms with Crippen LogP contribution in [0, 0.1) is 0 Å². The summed E-state index contributed by atoms with van der Waals surface area (Å²) in [6, 6.07) is 5.26. The van der Waals surface area contributed by atoms with Crippen LogP contribution in [0.3, 0.4) is 0 Å². The molecule has 0 aliphatic carbocycles. The van der Waals surface area contributed by atoms with Gasteiger partial charge in [0.2, 0.25) is 11.0 Å². The normalized spacial score (nSPS) is 14.9. The number of ether oxygens (including phenoxy) is 1. The number of rotatable bonds is 8. The number of thioether (sulfide) groups is 1. The van der Waals surface area contributed by atoms with Crippen LogP contribution in [-0.4, -0.2) is 72.1 Å². The Balaban J connectivity index is 1.44. The minimum atomic E-state index is -4.38. The second kappa shape index (κ2) is 11.0. The van der Waals surface area contributed by atoms with Gasteiger partial charge in [0.1, 0.15) is 0 Å². The van der Waals surface area contributed by atoms with Crippen molar-refractivity contribution in [3.8, 4) is 0 Å². The SMILES string of the molecule is CCOC(=O)CSc1nnc(NC(=O)CN2CCN(c3cccc(C(F)(F)F)c3)CC2)s1. The molecule has 174 valence electrons. The summed E-state index contributed by atoms with van der Waals surface area (Å²) in [4.78, 5) is 27.5. The summed E-state index contributed by atoms with van der Waals surface area (Å²) >= 11 is 2.35. The summed E-state index contributed by atoms with van der Waals surface area (Å²) in [5, 5.41) is 10.8. The number of hydrogen-bond donors (Lipinski definition) is 1. The molecule has 13 heteroatoms. The van der Waals surface area contributed by atoms with E-state index in [0.717, 1.165) is 12.1 Å². The number of carbonyl (C=O) groups excluding carboxylic acids is 2. The lowest BCUT2D eigenvalue weighted by atomic mass is 10.1. The van der Waals surface area contributed by atoms with Crippen molar-refractivity contribution >= 4 is 45.8 Å².